The van der Waals surface area contributed by atoms with Crippen LogP contribution in [-0.4, -0.2) is 17.2 Å². The average Bonchev–Trinajstić information content (AvgIpc) is 2.52. The lowest BCUT2D eigenvalue weighted by Crippen LogP contribution is -1.83. The summed E-state index contributed by atoms with van der Waals surface area (Å²) in [5.74, 6) is 0.693. The van der Waals surface area contributed by atoms with E-state index in [1.54, 1.807) is 13.2 Å². The van der Waals surface area contributed by atoms with Crippen molar-refractivity contribution < 1.29 is 9.84 Å². The molecule has 0 aliphatic heterocycles. The normalized spacial score (nSPS) is 10.4. The van der Waals surface area contributed by atoms with Gasteiger partial charge in [-0.05, 0) is 18.2 Å². The average molecular weight is 163 g/mol. The smallest absolute Gasteiger partial charge is 0.169 e. The molecule has 0 amide bonds. The quantitative estimate of drug-likeness (QED) is 0.674. The van der Waals surface area contributed by atoms with Gasteiger partial charge in [-0.2, -0.15) is 0 Å². The van der Waals surface area contributed by atoms with Crippen LogP contribution in [0.15, 0.2) is 24.4 Å². The maximum Gasteiger partial charge on any atom is 0.169 e. The van der Waals surface area contributed by atoms with Crippen molar-refractivity contribution in [3.05, 3.63) is 24.4 Å². The number of nitrogens with one attached hydrogen (secondary N) is 1. The van der Waals surface area contributed by atoms with E-state index in [1.165, 1.54) is 0 Å². The van der Waals surface area contributed by atoms with E-state index >= 15 is 0 Å². The minimum absolute atomic E-state index is 0.171. The van der Waals surface area contributed by atoms with Gasteiger partial charge in [-0.15, -0.1) is 0 Å². The number of phenolic OH excluding ortho intramolecular Hbond substituents is 1. The number of aromatic hydroxyl groups is 1. The topological polar surface area (TPSA) is 45.2 Å². The van der Waals surface area contributed by atoms with Crippen molar-refractivity contribution in [2.75, 3.05) is 7.11 Å². The Hall–Kier alpha value is -1.64. The van der Waals surface area contributed by atoms with Gasteiger partial charge in [0.25, 0.3) is 0 Å². The summed E-state index contributed by atoms with van der Waals surface area (Å²) in [6.07, 6.45) is 1.81. The second-order valence-electron chi connectivity index (χ2n) is 2.56. The molecule has 0 fully saturated rings. The van der Waals surface area contributed by atoms with E-state index in [-0.39, 0.29) is 5.75 Å². The highest BCUT2D eigenvalue weighted by Gasteiger charge is 2.06. The van der Waals surface area contributed by atoms with Gasteiger partial charge in [0.05, 0.1) is 7.11 Å². The first kappa shape index (κ1) is 7.03. The van der Waals surface area contributed by atoms with Crippen LogP contribution in [0.5, 0.6) is 11.5 Å². The van der Waals surface area contributed by atoms with E-state index in [4.69, 9.17) is 4.74 Å². The Morgan fingerprint density at radius 1 is 1.33 bits per heavy atom. The molecule has 0 radical (unpaired) electrons. The number of rotatable bonds is 1. The van der Waals surface area contributed by atoms with Gasteiger partial charge in [0.2, 0.25) is 0 Å². The van der Waals surface area contributed by atoms with Crippen molar-refractivity contribution in [3.8, 4) is 11.5 Å². The number of methoxy groups -OCH3 is 1. The third kappa shape index (κ3) is 0.830. The second-order valence-corrected chi connectivity index (χ2v) is 2.56. The predicted molar refractivity (Wildman–Crippen MR) is 46.5 cm³/mol. The summed E-state index contributed by atoms with van der Waals surface area (Å²) in [6.45, 7) is 0. The zero-order chi connectivity index (χ0) is 8.55. The Kier molecular flexibility index (Phi) is 1.43. The van der Waals surface area contributed by atoms with Gasteiger partial charge in [-0.1, -0.05) is 0 Å². The first-order chi connectivity index (χ1) is 5.83. The fourth-order valence-electron chi connectivity index (χ4n) is 1.31. The third-order valence-electron chi connectivity index (χ3n) is 1.87. The third-order valence-corrected chi connectivity index (χ3v) is 1.87. The molecule has 2 aromatic rings. The Morgan fingerprint density at radius 2 is 2.17 bits per heavy atom. The molecule has 3 nitrogen and oxygen atoms in total. The molecule has 0 saturated heterocycles. The number of phenols is 1. The van der Waals surface area contributed by atoms with Gasteiger partial charge < -0.3 is 14.8 Å². The first-order valence-electron chi connectivity index (χ1n) is 3.66. The minimum Gasteiger partial charge on any atom is -0.504 e. The molecule has 1 aromatic carbocycles. The molecule has 12 heavy (non-hydrogen) atoms. The van der Waals surface area contributed by atoms with Crippen LogP contribution in [0.4, 0.5) is 0 Å². The fourth-order valence-corrected chi connectivity index (χ4v) is 1.31. The maximum absolute atomic E-state index is 9.39. The molecule has 0 unspecified atom stereocenters. The van der Waals surface area contributed by atoms with E-state index in [9.17, 15) is 5.11 Å². The van der Waals surface area contributed by atoms with Crippen LogP contribution in [0.1, 0.15) is 0 Å². The molecule has 3 heteroatoms. The van der Waals surface area contributed by atoms with Gasteiger partial charge in [-0.25, -0.2) is 0 Å². The summed E-state index contributed by atoms with van der Waals surface area (Å²) in [4.78, 5) is 3.03. The van der Waals surface area contributed by atoms with Gasteiger partial charge in [0, 0.05) is 17.1 Å². The van der Waals surface area contributed by atoms with E-state index in [0.717, 1.165) is 10.9 Å². The highest BCUT2D eigenvalue weighted by Crippen LogP contribution is 2.33. The van der Waals surface area contributed by atoms with Crippen molar-refractivity contribution in [1.29, 1.82) is 0 Å². The highest BCUT2D eigenvalue weighted by atomic mass is 16.5. The van der Waals surface area contributed by atoms with E-state index < -0.39 is 0 Å². The van der Waals surface area contributed by atoms with Gasteiger partial charge in [0.1, 0.15) is 0 Å². The molecule has 0 atom stereocenters. The Balaban J connectivity index is 2.83. The number of hydrogen-bond acceptors (Lipinski definition) is 2. The van der Waals surface area contributed by atoms with Gasteiger partial charge in [0.15, 0.2) is 11.5 Å². The second kappa shape index (κ2) is 2.44. The lowest BCUT2D eigenvalue weighted by molar-refractivity contribution is 0.378. The number of fused-ring (bicyclic) bond motifs is 1. The van der Waals surface area contributed by atoms with E-state index in [2.05, 4.69) is 4.98 Å². The van der Waals surface area contributed by atoms with Crippen molar-refractivity contribution in [1.82, 2.24) is 4.98 Å². The number of benzene rings is 1. The zero-order valence-corrected chi connectivity index (χ0v) is 6.66. The van der Waals surface area contributed by atoms with Crippen molar-refractivity contribution in [3.63, 3.8) is 0 Å². The molecule has 2 rings (SSSR count). The summed E-state index contributed by atoms with van der Waals surface area (Å²) in [5.41, 5.74) is 0.963. The molecule has 0 spiro atoms. The minimum atomic E-state index is 0.171. The lowest BCUT2D eigenvalue weighted by atomic mass is 10.2. The number of ether oxygens (including phenoxy) is 1. The molecule has 2 N–H and O–H groups in total. The van der Waals surface area contributed by atoms with Crippen LogP contribution in [0, 0.1) is 0 Å². The fraction of sp³-hybridized carbons (Fsp3) is 0.111. The van der Waals surface area contributed by atoms with E-state index in [1.807, 2.05) is 18.3 Å². The Morgan fingerprint density at radius 3 is 2.92 bits per heavy atom. The molecule has 0 saturated carbocycles. The SMILES string of the molecule is COc1c(O)ccc2[nH]ccc12. The molecule has 0 aliphatic carbocycles. The molecule has 1 heterocycles. The number of aromatic nitrogens is 1. The molecule has 0 bridgehead atoms. The summed E-state index contributed by atoms with van der Waals surface area (Å²) in [5, 5.41) is 10.3. The standard InChI is InChI=1S/C9H9NO2/c1-12-9-6-4-5-10-7(6)2-3-8(9)11/h2-5,10-11H,1H3. The Labute approximate surface area is 69.6 Å². The molecule has 0 aliphatic rings. The van der Waals surface area contributed by atoms with Crippen LogP contribution in [-0.2, 0) is 0 Å². The maximum atomic E-state index is 9.39. The van der Waals surface area contributed by atoms with Crippen molar-refractivity contribution in [2.24, 2.45) is 0 Å². The van der Waals surface area contributed by atoms with Gasteiger partial charge in [-0.3, -0.25) is 0 Å². The summed E-state index contributed by atoms with van der Waals surface area (Å²) in [7, 11) is 1.54. The number of hydrogen-bond donors (Lipinski definition) is 2. The lowest BCUT2D eigenvalue weighted by Gasteiger charge is -2.03. The first-order valence-corrected chi connectivity index (χ1v) is 3.66. The van der Waals surface area contributed by atoms with Crippen LogP contribution < -0.4 is 4.74 Å². The molecular formula is C9H9NO2. The number of H-pyrrole nitrogens is 1. The van der Waals surface area contributed by atoms with Crippen LogP contribution >= 0.6 is 0 Å². The predicted octanol–water partition coefficient (Wildman–Crippen LogP) is 1.88. The molecular weight excluding hydrogens is 154 g/mol. The van der Waals surface area contributed by atoms with Crippen molar-refractivity contribution >= 4 is 10.9 Å². The van der Waals surface area contributed by atoms with E-state index in [0.29, 0.717) is 5.75 Å². The molecule has 62 valence electrons. The summed E-state index contributed by atoms with van der Waals surface area (Å²) in [6, 6.07) is 5.29. The number of aromatic amines is 1. The highest BCUT2D eigenvalue weighted by molar-refractivity contribution is 5.88. The molecule has 1 aromatic heterocycles. The van der Waals surface area contributed by atoms with Crippen LogP contribution in [0.2, 0.25) is 0 Å². The van der Waals surface area contributed by atoms with Crippen LogP contribution in [0.3, 0.4) is 0 Å². The summed E-state index contributed by atoms with van der Waals surface area (Å²) < 4.78 is 5.05. The largest absolute Gasteiger partial charge is 0.504 e. The van der Waals surface area contributed by atoms with Crippen LogP contribution in [0.25, 0.3) is 10.9 Å². The van der Waals surface area contributed by atoms with Crippen molar-refractivity contribution in [2.45, 2.75) is 0 Å². The Bertz CT molecular complexity index is 406. The van der Waals surface area contributed by atoms with Gasteiger partial charge >= 0.3 is 0 Å². The summed E-state index contributed by atoms with van der Waals surface area (Å²) >= 11 is 0. The monoisotopic (exact) mass is 163 g/mol. The zero-order valence-electron chi connectivity index (χ0n) is 6.66.